The Hall–Kier alpha value is -2.88. The van der Waals surface area contributed by atoms with E-state index in [1.807, 2.05) is 71.6 Å². The summed E-state index contributed by atoms with van der Waals surface area (Å²) in [5, 5.41) is 3.18. The van der Waals surface area contributed by atoms with Crippen molar-refractivity contribution < 1.29 is 4.79 Å². The van der Waals surface area contributed by atoms with Gasteiger partial charge in [0.05, 0.1) is 25.0 Å². The molecule has 2 heterocycles. The van der Waals surface area contributed by atoms with Crippen molar-refractivity contribution in [2.45, 2.75) is 13.0 Å². The second-order valence-electron chi connectivity index (χ2n) is 7.29. The van der Waals surface area contributed by atoms with Crippen molar-refractivity contribution in [1.29, 1.82) is 0 Å². The molecule has 1 aliphatic heterocycles. The zero-order chi connectivity index (χ0) is 20.9. The van der Waals surface area contributed by atoms with Gasteiger partial charge in [-0.3, -0.25) is 9.79 Å². The topological polar surface area (TPSA) is 76.6 Å². The number of aromatic nitrogens is 2. The smallest absolute Gasteiger partial charge is 0.246 e. The predicted octanol–water partition coefficient (Wildman–Crippen LogP) is 3.29. The van der Waals surface area contributed by atoms with Crippen molar-refractivity contribution in [3.63, 3.8) is 0 Å². The monoisotopic (exact) mass is 530 g/mol. The van der Waals surface area contributed by atoms with Gasteiger partial charge in [0.15, 0.2) is 5.96 Å². The van der Waals surface area contributed by atoms with Gasteiger partial charge in [-0.25, -0.2) is 4.98 Å². The maximum absolute atomic E-state index is 12.7. The van der Waals surface area contributed by atoms with Crippen LogP contribution in [0.1, 0.15) is 11.4 Å². The maximum Gasteiger partial charge on any atom is 0.246 e. The molecule has 2 N–H and O–H groups in total. The van der Waals surface area contributed by atoms with E-state index in [9.17, 15) is 4.79 Å². The molecule has 0 aliphatic carbocycles. The van der Waals surface area contributed by atoms with Crippen molar-refractivity contribution in [3.05, 3.63) is 72.2 Å². The molecule has 8 heteroatoms. The summed E-state index contributed by atoms with van der Waals surface area (Å²) in [6.45, 7) is 1.47. The molecule has 4 rings (SSSR count). The summed E-state index contributed by atoms with van der Waals surface area (Å²) in [5.41, 5.74) is 4.30. The van der Waals surface area contributed by atoms with Crippen LogP contribution < -0.4 is 10.2 Å². The lowest BCUT2D eigenvalue weighted by Crippen LogP contribution is -2.44. The number of hydrogen-bond acceptors (Lipinski definition) is 3. The van der Waals surface area contributed by atoms with Crippen LogP contribution >= 0.6 is 24.0 Å². The minimum Gasteiger partial charge on any atom is -0.347 e. The van der Waals surface area contributed by atoms with Crippen LogP contribution in [0.15, 0.2) is 65.8 Å². The van der Waals surface area contributed by atoms with Gasteiger partial charge in [-0.1, -0.05) is 48.5 Å². The third kappa shape index (κ3) is 5.25. The molecule has 0 spiro atoms. The molecule has 0 saturated heterocycles. The number of rotatable bonds is 5. The van der Waals surface area contributed by atoms with Crippen molar-refractivity contribution in [2.24, 2.45) is 4.99 Å². The Morgan fingerprint density at radius 3 is 2.71 bits per heavy atom. The van der Waals surface area contributed by atoms with Gasteiger partial charge >= 0.3 is 0 Å². The number of benzene rings is 2. The fourth-order valence-electron chi connectivity index (χ4n) is 3.74. The van der Waals surface area contributed by atoms with E-state index in [1.165, 1.54) is 5.56 Å². The predicted molar refractivity (Wildman–Crippen MR) is 135 cm³/mol. The van der Waals surface area contributed by atoms with Crippen LogP contribution in [-0.2, 0) is 17.8 Å². The molecule has 162 valence electrons. The number of guanidine groups is 1. The number of fused-ring (bicyclic) bond motifs is 1. The fraction of sp³-hybridized carbons (Fsp3) is 0.261. The van der Waals surface area contributed by atoms with Crippen LogP contribution in [0.2, 0.25) is 0 Å². The van der Waals surface area contributed by atoms with Crippen molar-refractivity contribution in [2.75, 3.05) is 32.1 Å². The summed E-state index contributed by atoms with van der Waals surface area (Å²) < 4.78 is 0. The van der Waals surface area contributed by atoms with Crippen molar-refractivity contribution >= 4 is 41.5 Å². The number of aliphatic imine (C=N–C) groups is 1. The minimum atomic E-state index is 0. The summed E-state index contributed by atoms with van der Waals surface area (Å²) in [7, 11) is 3.64. The van der Waals surface area contributed by atoms with Gasteiger partial charge in [-0.15, -0.1) is 24.0 Å². The summed E-state index contributed by atoms with van der Waals surface area (Å²) in [5.74, 6) is 1.52. The summed E-state index contributed by atoms with van der Waals surface area (Å²) in [4.78, 5) is 28.7. The van der Waals surface area contributed by atoms with E-state index in [4.69, 9.17) is 0 Å². The van der Waals surface area contributed by atoms with Crippen LogP contribution in [0.4, 0.5) is 5.69 Å². The molecule has 0 unspecified atom stereocenters. The molecule has 1 aliphatic rings. The quantitative estimate of drug-likeness (QED) is 0.302. The van der Waals surface area contributed by atoms with E-state index in [1.54, 1.807) is 7.05 Å². The van der Waals surface area contributed by atoms with E-state index in [2.05, 4.69) is 26.3 Å². The van der Waals surface area contributed by atoms with Gasteiger partial charge < -0.3 is 20.1 Å². The largest absolute Gasteiger partial charge is 0.347 e. The average molecular weight is 530 g/mol. The van der Waals surface area contributed by atoms with E-state index < -0.39 is 0 Å². The number of amides is 1. The highest BCUT2D eigenvalue weighted by molar-refractivity contribution is 14.0. The normalized spacial score (nSPS) is 12.8. The second kappa shape index (κ2) is 10.4. The van der Waals surface area contributed by atoms with Gasteiger partial charge in [0.25, 0.3) is 0 Å². The number of anilines is 1. The van der Waals surface area contributed by atoms with E-state index in [0.29, 0.717) is 12.5 Å². The average Bonchev–Trinajstić information content (AvgIpc) is 3.42. The molecule has 0 radical (unpaired) electrons. The Balaban J connectivity index is 0.00000272. The Bertz CT molecular complexity index is 1050. The number of imidazole rings is 1. The number of nitrogens with zero attached hydrogens (tertiary/aromatic N) is 4. The molecule has 0 saturated carbocycles. The molecule has 0 fully saturated rings. The number of carbonyl (C=O) groups excluding carboxylic acids is 1. The molecule has 7 nitrogen and oxygen atoms in total. The SMILES string of the molecule is CN=C(NCC(=O)N1CCc2ccccc21)N(C)Cc1ncc(-c2ccccc2)[nH]1.I. The van der Waals surface area contributed by atoms with Gasteiger partial charge in [0.1, 0.15) is 5.82 Å². The van der Waals surface area contributed by atoms with E-state index in [-0.39, 0.29) is 36.4 Å². The molecule has 1 aromatic heterocycles. The zero-order valence-corrected chi connectivity index (χ0v) is 20.0. The Labute approximate surface area is 199 Å². The zero-order valence-electron chi connectivity index (χ0n) is 17.7. The lowest BCUT2D eigenvalue weighted by atomic mass is 10.2. The third-order valence-corrected chi connectivity index (χ3v) is 5.26. The van der Waals surface area contributed by atoms with E-state index in [0.717, 1.165) is 35.7 Å². The number of hydrogen-bond donors (Lipinski definition) is 2. The third-order valence-electron chi connectivity index (χ3n) is 5.26. The van der Waals surface area contributed by atoms with Crippen LogP contribution in [0, 0.1) is 0 Å². The van der Waals surface area contributed by atoms with Gasteiger partial charge in [-0.2, -0.15) is 0 Å². The summed E-state index contributed by atoms with van der Waals surface area (Å²) in [6.07, 6.45) is 2.74. The first-order chi connectivity index (χ1) is 14.7. The highest BCUT2D eigenvalue weighted by Gasteiger charge is 2.24. The lowest BCUT2D eigenvalue weighted by molar-refractivity contribution is -0.117. The molecule has 0 bridgehead atoms. The highest BCUT2D eigenvalue weighted by atomic mass is 127. The molecular weight excluding hydrogens is 503 g/mol. The van der Waals surface area contributed by atoms with Gasteiger partial charge in [0.2, 0.25) is 5.91 Å². The maximum atomic E-state index is 12.7. The minimum absolute atomic E-state index is 0. The second-order valence-corrected chi connectivity index (χ2v) is 7.29. The van der Waals surface area contributed by atoms with Crippen molar-refractivity contribution in [1.82, 2.24) is 20.2 Å². The molecule has 1 amide bonds. The molecule has 3 aromatic rings. The Morgan fingerprint density at radius 1 is 1.19 bits per heavy atom. The first-order valence-corrected chi connectivity index (χ1v) is 10.0. The number of nitrogens with one attached hydrogen (secondary N) is 2. The lowest BCUT2D eigenvalue weighted by Gasteiger charge is -2.23. The standard InChI is InChI=1S/C23H26N6O.HI/c1-24-23(26-15-22(30)29-13-12-18-10-6-7-11-20(18)29)28(2)16-21-25-14-19(27-21)17-8-4-3-5-9-17;/h3-11,14H,12-13,15-16H2,1-2H3,(H,24,26)(H,25,27);1H. The first-order valence-electron chi connectivity index (χ1n) is 10.0. The summed E-state index contributed by atoms with van der Waals surface area (Å²) >= 11 is 0. The number of para-hydroxylation sites is 1. The van der Waals surface area contributed by atoms with E-state index >= 15 is 0 Å². The Morgan fingerprint density at radius 2 is 1.94 bits per heavy atom. The number of halogens is 1. The summed E-state index contributed by atoms with van der Waals surface area (Å²) in [6, 6.07) is 18.2. The number of carbonyl (C=O) groups is 1. The number of aromatic amines is 1. The van der Waals surface area contributed by atoms with Crippen LogP contribution in [0.25, 0.3) is 11.3 Å². The highest BCUT2D eigenvalue weighted by Crippen LogP contribution is 2.27. The molecular formula is C23H27IN6O. The van der Waals surface area contributed by atoms with Crippen LogP contribution in [0.3, 0.4) is 0 Å². The van der Waals surface area contributed by atoms with Gasteiger partial charge in [0, 0.05) is 26.3 Å². The van der Waals surface area contributed by atoms with Gasteiger partial charge in [-0.05, 0) is 23.6 Å². The van der Waals surface area contributed by atoms with Crippen LogP contribution in [0.5, 0.6) is 0 Å². The number of H-pyrrole nitrogens is 1. The van der Waals surface area contributed by atoms with Crippen LogP contribution in [-0.4, -0.2) is 53.9 Å². The van der Waals surface area contributed by atoms with Crippen molar-refractivity contribution in [3.8, 4) is 11.3 Å². The molecule has 2 aromatic carbocycles. The molecule has 0 atom stereocenters. The first kappa shape index (κ1) is 22.8. The Kier molecular flexibility index (Phi) is 7.67. The molecule has 31 heavy (non-hydrogen) atoms. The fourth-order valence-corrected chi connectivity index (χ4v) is 3.74.